The molecule has 0 spiro atoms. The van der Waals surface area contributed by atoms with E-state index in [0.29, 0.717) is 19.1 Å². The van der Waals surface area contributed by atoms with Gasteiger partial charge in [0.2, 0.25) is 10.0 Å². The van der Waals surface area contributed by atoms with Crippen LogP contribution in [0.1, 0.15) is 36.1 Å². The molecular formula is C16H26N2O3S. The molecule has 124 valence electrons. The topological polar surface area (TPSA) is 72.6 Å². The molecule has 2 atom stereocenters. The number of primary sulfonamides is 1. The molecule has 1 aliphatic rings. The standard InChI is InChI=1S/C16H26N2O3S/c1-12-5-6-13(2)15(9-12)16-10-18(14(3)11-21-16)7-4-8-22(17,19)20/h5-6,9,14,16H,4,7-8,10-11H2,1-3H3,(H2,17,19,20)/t14-,16+/m1/s1. The lowest BCUT2D eigenvalue weighted by Gasteiger charge is -2.38. The van der Waals surface area contributed by atoms with E-state index < -0.39 is 10.0 Å². The first-order chi connectivity index (χ1) is 10.3. The Morgan fingerprint density at radius 3 is 2.77 bits per heavy atom. The van der Waals surface area contributed by atoms with Gasteiger partial charge in [0, 0.05) is 12.6 Å². The molecule has 1 aliphatic heterocycles. The summed E-state index contributed by atoms with van der Waals surface area (Å²) in [6.45, 7) is 8.46. The van der Waals surface area contributed by atoms with E-state index in [-0.39, 0.29) is 11.9 Å². The second kappa shape index (κ2) is 7.08. The molecule has 0 saturated carbocycles. The van der Waals surface area contributed by atoms with E-state index in [1.807, 2.05) is 0 Å². The monoisotopic (exact) mass is 326 g/mol. The third kappa shape index (κ3) is 4.78. The van der Waals surface area contributed by atoms with Crippen molar-refractivity contribution >= 4 is 10.0 Å². The zero-order valence-corrected chi connectivity index (χ0v) is 14.4. The van der Waals surface area contributed by atoms with Gasteiger partial charge in [0.05, 0.1) is 18.5 Å². The molecule has 1 saturated heterocycles. The third-order valence-corrected chi connectivity index (χ3v) is 5.08. The highest BCUT2D eigenvalue weighted by Crippen LogP contribution is 2.28. The number of sulfonamides is 1. The number of benzene rings is 1. The summed E-state index contributed by atoms with van der Waals surface area (Å²) < 4.78 is 28.1. The lowest BCUT2D eigenvalue weighted by Crippen LogP contribution is -2.45. The third-order valence-electron chi connectivity index (χ3n) is 4.22. The van der Waals surface area contributed by atoms with E-state index in [1.54, 1.807) is 0 Å². The average Bonchev–Trinajstić information content (AvgIpc) is 2.42. The Hall–Kier alpha value is -0.950. The maximum Gasteiger partial charge on any atom is 0.209 e. The fraction of sp³-hybridized carbons (Fsp3) is 0.625. The smallest absolute Gasteiger partial charge is 0.209 e. The van der Waals surface area contributed by atoms with Crippen molar-refractivity contribution in [1.82, 2.24) is 4.90 Å². The normalized spacial score (nSPS) is 23.6. The number of hydrogen-bond acceptors (Lipinski definition) is 4. The first-order valence-electron chi connectivity index (χ1n) is 7.69. The van der Waals surface area contributed by atoms with Crippen LogP contribution in [0, 0.1) is 13.8 Å². The van der Waals surface area contributed by atoms with Crippen LogP contribution in [0.5, 0.6) is 0 Å². The number of rotatable bonds is 5. The van der Waals surface area contributed by atoms with E-state index in [1.165, 1.54) is 16.7 Å². The number of ether oxygens (including phenoxy) is 1. The lowest BCUT2D eigenvalue weighted by atomic mass is 9.99. The zero-order chi connectivity index (χ0) is 16.3. The SMILES string of the molecule is Cc1ccc(C)c([C@@H]2CN(CCCS(N)(=O)=O)[C@H](C)CO2)c1. The number of nitrogens with two attached hydrogens (primary N) is 1. The maximum atomic E-state index is 11.1. The van der Waals surface area contributed by atoms with Crippen LogP contribution < -0.4 is 5.14 Å². The molecule has 0 amide bonds. The summed E-state index contributed by atoms with van der Waals surface area (Å²) in [5.74, 6) is 0.0330. The summed E-state index contributed by atoms with van der Waals surface area (Å²) in [6, 6.07) is 6.70. The van der Waals surface area contributed by atoms with Crippen molar-refractivity contribution in [3.05, 3.63) is 34.9 Å². The zero-order valence-electron chi connectivity index (χ0n) is 13.6. The minimum atomic E-state index is -3.38. The van der Waals surface area contributed by atoms with Gasteiger partial charge < -0.3 is 4.74 Å². The minimum Gasteiger partial charge on any atom is -0.371 e. The first-order valence-corrected chi connectivity index (χ1v) is 9.41. The quantitative estimate of drug-likeness (QED) is 0.894. The molecular weight excluding hydrogens is 300 g/mol. The van der Waals surface area contributed by atoms with Gasteiger partial charge in [0.1, 0.15) is 0 Å². The second-order valence-electron chi connectivity index (χ2n) is 6.25. The molecule has 0 bridgehead atoms. The van der Waals surface area contributed by atoms with E-state index in [9.17, 15) is 8.42 Å². The van der Waals surface area contributed by atoms with Crippen LogP contribution in [0.2, 0.25) is 0 Å². The minimum absolute atomic E-state index is 0.0330. The van der Waals surface area contributed by atoms with Crippen LogP contribution in [0.4, 0.5) is 0 Å². The Morgan fingerprint density at radius 2 is 2.09 bits per heavy atom. The molecule has 1 fully saturated rings. The van der Waals surface area contributed by atoms with Crippen molar-refractivity contribution < 1.29 is 13.2 Å². The molecule has 0 unspecified atom stereocenters. The Labute approximate surface area is 133 Å². The summed E-state index contributed by atoms with van der Waals surface area (Å²) in [5, 5.41) is 5.07. The van der Waals surface area contributed by atoms with Crippen molar-refractivity contribution in [3.63, 3.8) is 0 Å². The predicted molar refractivity (Wildman–Crippen MR) is 88.2 cm³/mol. The summed E-state index contributed by atoms with van der Waals surface area (Å²) in [5.41, 5.74) is 3.68. The van der Waals surface area contributed by atoms with E-state index in [2.05, 4.69) is 43.9 Å². The van der Waals surface area contributed by atoms with Gasteiger partial charge in [-0.25, -0.2) is 13.6 Å². The number of morpholine rings is 1. The molecule has 22 heavy (non-hydrogen) atoms. The molecule has 2 N–H and O–H groups in total. The van der Waals surface area contributed by atoms with Crippen LogP contribution in [-0.4, -0.2) is 44.8 Å². The summed E-state index contributed by atoms with van der Waals surface area (Å²) in [7, 11) is -3.38. The fourth-order valence-electron chi connectivity index (χ4n) is 2.88. The number of hydrogen-bond donors (Lipinski definition) is 1. The van der Waals surface area contributed by atoms with Gasteiger partial charge >= 0.3 is 0 Å². The Bertz CT molecular complexity index is 616. The highest BCUT2D eigenvalue weighted by Gasteiger charge is 2.27. The van der Waals surface area contributed by atoms with Crippen molar-refractivity contribution in [2.24, 2.45) is 5.14 Å². The van der Waals surface area contributed by atoms with Crippen molar-refractivity contribution in [1.29, 1.82) is 0 Å². The van der Waals surface area contributed by atoms with Crippen LogP contribution in [0.15, 0.2) is 18.2 Å². The maximum absolute atomic E-state index is 11.1. The van der Waals surface area contributed by atoms with Crippen molar-refractivity contribution in [3.8, 4) is 0 Å². The van der Waals surface area contributed by atoms with E-state index in [4.69, 9.17) is 9.88 Å². The molecule has 0 radical (unpaired) electrons. The van der Waals surface area contributed by atoms with Crippen LogP contribution in [0.3, 0.4) is 0 Å². The molecule has 1 heterocycles. The highest BCUT2D eigenvalue weighted by molar-refractivity contribution is 7.89. The van der Waals surface area contributed by atoms with Gasteiger partial charge in [-0.3, -0.25) is 4.90 Å². The largest absolute Gasteiger partial charge is 0.371 e. The molecule has 0 aromatic heterocycles. The van der Waals surface area contributed by atoms with Gasteiger partial charge in [-0.2, -0.15) is 0 Å². The molecule has 5 nitrogen and oxygen atoms in total. The van der Waals surface area contributed by atoms with E-state index >= 15 is 0 Å². The van der Waals surface area contributed by atoms with Crippen LogP contribution in [-0.2, 0) is 14.8 Å². The summed E-state index contributed by atoms with van der Waals surface area (Å²) in [4.78, 5) is 2.29. The Balaban J connectivity index is 2.02. The van der Waals surface area contributed by atoms with E-state index in [0.717, 1.165) is 13.1 Å². The van der Waals surface area contributed by atoms with Gasteiger partial charge in [-0.15, -0.1) is 0 Å². The van der Waals surface area contributed by atoms with Gasteiger partial charge in [-0.1, -0.05) is 23.8 Å². The molecule has 1 aromatic carbocycles. The van der Waals surface area contributed by atoms with Crippen molar-refractivity contribution in [2.45, 2.75) is 39.3 Å². The first kappa shape index (κ1) is 17.4. The molecule has 6 heteroatoms. The second-order valence-corrected chi connectivity index (χ2v) is 7.98. The fourth-order valence-corrected chi connectivity index (χ4v) is 3.41. The van der Waals surface area contributed by atoms with Crippen molar-refractivity contribution in [2.75, 3.05) is 25.4 Å². The Morgan fingerprint density at radius 1 is 1.36 bits per heavy atom. The number of nitrogens with zero attached hydrogens (tertiary/aromatic N) is 1. The van der Waals surface area contributed by atoms with Gasteiger partial charge in [0.15, 0.2) is 0 Å². The lowest BCUT2D eigenvalue weighted by molar-refractivity contribution is -0.0600. The predicted octanol–water partition coefficient (Wildman–Crippen LogP) is 1.74. The van der Waals surface area contributed by atoms with Crippen LogP contribution >= 0.6 is 0 Å². The van der Waals surface area contributed by atoms with Gasteiger partial charge in [0.25, 0.3) is 0 Å². The summed E-state index contributed by atoms with van der Waals surface area (Å²) >= 11 is 0. The average molecular weight is 326 g/mol. The molecule has 0 aliphatic carbocycles. The highest BCUT2D eigenvalue weighted by atomic mass is 32.2. The van der Waals surface area contributed by atoms with Gasteiger partial charge in [-0.05, 0) is 44.9 Å². The van der Waals surface area contributed by atoms with Crippen LogP contribution in [0.25, 0.3) is 0 Å². The Kier molecular flexibility index (Phi) is 5.60. The molecule has 2 rings (SSSR count). The molecule has 1 aromatic rings. The number of aryl methyl sites for hydroxylation is 2. The summed E-state index contributed by atoms with van der Waals surface area (Å²) in [6.07, 6.45) is 0.605.